The molecule has 0 aliphatic carbocycles. The first-order chi connectivity index (χ1) is 10.7. The Morgan fingerprint density at radius 1 is 1.27 bits per heavy atom. The second-order valence-electron chi connectivity index (χ2n) is 4.46. The Hall–Kier alpha value is -1.80. The fourth-order valence-corrected chi connectivity index (χ4v) is 2.67. The molecular formula is C14H14BrN5OS. The Bertz CT molecular complexity index is 790. The summed E-state index contributed by atoms with van der Waals surface area (Å²) in [6.45, 7) is 0.640. The maximum Gasteiger partial charge on any atom is 0.228 e. The molecule has 0 aliphatic heterocycles. The van der Waals surface area contributed by atoms with Crippen LogP contribution in [0.15, 0.2) is 40.1 Å². The van der Waals surface area contributed by atoms with Crippen molar-refractivity contribution >= 4 is 39.3 Å². The zero-order valence-corrected chi connectivity index (χ0v) is 14.5. The number of anilines is 1. The van der Waals surface area contributed by atoms with Crippen LogP contribution in [0.5, 0.6) is 5.75 Å². The number of methoxy groups -OCH3 is 1. The zero-order valence-electron chi connectivity index (χ0n) is 12.1. The fourth-order valence-electron chi connectivity index (χ4n) is 1.96. The van der Waals surface area contributed by atoms with E-state index in [4.69, 9.17) is 4.74 Å². The predicted molar refractivity (Wildman–Crippen MR) is 90.6 cm³/mol. The van der Waals surface area contributed by atoms with Gasteiger partial charge in [-0.3, -0.25) is 0 Å². The first-order valence-electron chi connectivity index (χ1n) is 6.53. The summed E-state index contributed by atoms with van der Waals surface area (Å²) in [7, 11) is 1.66. The smallest absolute Gasteiger partial charge is 0.228 e. The van der Waals surface area contributed by atoms with Crippen LogP contribution in [0, 0.1) is 0 Å². The topological polar surface area (TPSA) is 64.3 Å². The lowest BCUT2D eigenvalue weighted by Crippen LogP contribution is -2.09. The standard InChI is InChI=1S/C14H14BrN5OS/c1-21-10-5-3-9(4-6-10)7-16-13-19-14(22-2)18-12-11(15)8-17-20(12)13/h3-6,8H,7H2,1-2H3,(H,16,18,19). The molecule has 2 heterocycles. The highest BCUT2D eigenvalue weighted by molar-refractivity contribution is 9.10. The third-order valence-corrected chi connectivity index (χ3v) is 4.20. The molecule has 3 rings (SSSR count). The van der Waals surface area contributed by atoms with E-state index in [2.05, 4.69) is 36.3 Å². The van der Waals surface area contributed by atoms with E-state index in [-0.39, 0.29) is 0 Å². The maximum absolute atomic E-state index is 5.16. The summed E-state index contributed by atoms with van der Waals surface area (Å²) >= 11 is 4.95. The van der Waals surface area contributed by atoms with Crippen molar-refractivity contribution in [2.24, 2.45) is 0 Å². The van der Waals surface area contributed by atoms with Gasteiger partial charge in [0.1, 0.15) is 5.75 Å². The lowest BCUT2D eigenvalue weighted by atomic mass is 10.2. The number of hydrogen-bond acceptors (Lipinski definition) is 6. The van der Waals surface area contributed by atoms with Crippen LogP contribution in [0.25, 0.3) is 5.65 Å². The minimum atomic E-state index is 0.640. The SMILES string of the molecule is COc1ccc(CNc2nc(SC)nc3c(Br)cnn23)cc1. The molecule has 22 heavy (non-hydrogen) atoms. The minimum Gasteiger partial charge on any atom is -0.497 e. The van der Waals surface area contributed by atoms with Gasteiger partial charge in [-0.05, 0) is 39.9 Å². The van der Waals surface area contributed by atoms with Crippen molar-refractivity contribution < 1.29 is 4.74 Å². The molecule has 0 amide bonds. The van der Waals surface area contributed by atoms with E-state index in [1.807, 2.05) is 30.5 Å². The first kappa shape index (κ1) is 15.1. The number of hydrogen-bond donors (Lipinski definition) is 1. The van der Waals surface area contributed by atoms with Crippen molar-refractivity contribution in [1.82, 2.24) is 19.6 Å². The average Bonchev–Trinajstić information content (AvgIpc) is 2.94. The number of ether oxygens (including phenoxy) is 1. The normalized spacial score (nSPS) is 10.9. The van der Waals surface area contributed by atoms with E-state index in [0.717, 1.165) is 21.4 Å². The Balaban J connectivity index is 1.86. The number of benzene rings is 1. The van der Waals surface area contributed by atoms with Crippen molar-refractivity contribution in [3.8, 4) is 5.75 Å². The summed E-state index contributed by atoms with van der Waals surface area (Å²) in [6, 6.07) is 7.90. The van der Waals surface area contributed by atoms with Crippen molar-refractivity contribution in [3.63, 3.8) is 0 Å². The Morgan fingerprint density at radius 3 is 2.73 bits per heavy atom. The molecule has 0 aliphatic rings. The van der Waals surface area contributed by atoms with Gasteiger partial charge in [0.2, 0.25) is 5.95 Å². The molecule has 0 atom stereocenters. The molecule has 0 unspecified atom stereocenters. The van der Waals surface area contributed by atoms with Gasteiger partial charge >= 0.3 is 0 Å². The molecule has 6 nitrogen and oxygen atoms in total. The molecule has 0 saturated carbocycles. The summed E-state index contributed by atoms with van der Waals surface area (Å²) in [5, 5.41) is 8.29. The predicted octanol–water partition coefficient (Wildman–Crippen LogP) is 3.23. The molecular weight excluding hydrogens is 366 g/mol. The molecule has 1 aromatic carbocycles. The van der Waals surface area contributed by atoms with Gasteiger partial charge in [-0.25, -0.2) is 4.98 Å². The largest absolute Gasteiger partial charge is 0.497 e. The Morgan fingerprint density at radius 2 is 2.05 bits per heavy atom. The minimum absolute atomic E-state index is 0.640. The van der Waals surface area contributed by atoms with Gasteiger partial charge in [0.25, 0.3) is 0 Å². The van der Waals surface area contributed by atoms with Crippen molar-refractivity contribution in [1.29, 1.82) is 0 Å². The summed E-state index contributed by atoms with van der Waals surface area (Å²) < 4.78 is 7.69. The van der Waals surface area contributed by atoms with Gasteiger partial charge in [-0.15, -0.1) is 0 Å². The van der Waals surface area contributed by atoms with Crippen LogP contribution in [-0.4, -0.2) is 32.9 Å². The van der Waals surface area contributed by atoms with Crippen LogP contribution in [0.3, 0.4) is 0 Å². The zero-order chi connectivity index (χ0) is 15.5. The van der Waals surface area contributed by atoms with E-state index >= 15 is 0 Å². The number of fused-ring (bicyclic) bond motifs is 1. The van der Waals surface area contributed by atoms with Crippen molar-refractivity contribution in [2.45, 2.75) is 11.7 Å². The summed E-state index contributed by atoms with van der Waals surface area (Å²) in [6.07, 6.45) is 3.66. The molecule has 0 saturated heterocycles. The number of thioether (sulfide) groups is 1. The van der Waals surface area contributed by atoms with E-state index in [1.54, 1.807) is 17.8 Å². The lowest BCUT2D eigenvalue weighted by molar-refractivity contribution is 0.414. The van der Waals surface area contributed by atoms with Crippen LogP contribution in [-0.2, 0) is 6.54 Å². The molecule has 8 heteroatoms. The van der Waals surface area contributed by atoms with Crippen LogP contribution >= 0.6 is 27.7 Å². The van der Waals surface area contributed by atoms with Crippen LogP contribution in [0.1, 0.15) is 5.56 Å². The van der Waals surface area contributed by atoms with E-state index < -0.39 is 0 Å². The molecule has 114 valence electrons. The van der Waals surface area contributed by atoms with E-state index in [1.165, 1.54) is 11.8 Å². The third kappa shape index (κ3) is 3.02. The highest BCUT2D eigenvalue weighted by Gasteiger charge is 2.11. The molecule has 0 fully saturated rings. The number of halogens is 1. The van der Waals surface area contributed by atoms with Crippen LogP contribution < -0.4 is 10.1 Å². The van der Waals surface area contributed by atoms with E-state index in [0.29, 0.717) is 17.6 Å². The van der Waals surface area contributed by atoms with Gasteiger partial charge in [-0.2, -0.15) is 14.6 Å². The monoisotopic (exact) mass is 379 g/mol. The summed E-state index contributed by atoms with van der Waals surface area (Å²) in [4.78, 5) is 8.92. The lowest BCUT2D eigenvalue weighted by Gasteiger charge is -2.09. The molecule has 3 aromatic rings. The average molecular weight is 380 g/mol. The number of nitrogens with one attached hydrogen (secondary N) is 1. The van der Waals surface area contributed by atoms with Crippen molar-refractivity contribution in [3.05, 3.63) is 40.5 Å². The molecule has 0 spiro atoms. The first-order valence-corrected chi connectivity index (χ1v) is 8.55. The quantitative estimate of drug-likeness (QED) is 0.686. The second-order valence-corrected chi connectivity index (χ2v) is 6.09. The maximum atomic E-state index is 5.16. The van der Waals surface area contributed by atoms with E-state index in [9.17, 15) is 0 Å². The molecule has 0 bridgehead atoms. The fraction of sp³-hybridized carbons (Fsp3) is 0.214. The molecule has 2 aromatic heterocycles. The van der Waals surface area contributed by atoms with Crippen LogP contribution in [0.4, 0.5) is 5.95 Å². The highest BCUT2D eigenvalue weighted by Crippen LogP contribution is 2.21. The number of nitrogens with zero attached hydrogens (tertiary/aromatic N) is 4. The van der Waals surface area contributed by atoms with Gasteiger partial charge in [0.05, 0.1) is 17.8 Å². The summed E-state index contributed by atoms with van der Waals surface area (Å²) in [5.74, 6) is 1.50. The van der Waals surface area contributed by atoms with Crippen LogP contribution in [0.2, 0.25) is 0 Å². The third-order valence-electron chi connectivity index (χ3n) is 3.10. The number of aromatic nitrogens is 4. The molecule has 0 radical (unpaired) electrons. The van der Waals surface area contributed by atoms with Gasteiger partial charge in [0, 0.05) is 6.54 Å². The van der Waals surface area contributed by atoms with Gasteiger partial charge in [0.15, 0.2) is 10.8 Å². The molecule has 1 N–H and O–H groups in total. The summed E-state index contributed by atoms with van der Waals surface area (Å²) in [5.41, 5.74) is 1.88. The van der Waals surface area contributed by atoms with Gasteiger partial charge < -0.3 is 10.1 Å². The Labute approximate surface area is 140 Å². The highest BCUT2D eigenvalue weighted by atomic mass is 79.9. The van der Waals surface area contributed by atoms with Gasteiger partial charge in [-0.1, -0.05) is 23.9 Å². The van der Waals surface area contributed by atoms with Crippen molar-refractivity contribution in [2.75, 3.05) is 18.7 Å². The number of rotatable bonds is 5. The Kier molecular flexibility index (Phi) is 4.49. The second kappa shape index (κ2) is 6.53.